The molecule has 4 aromatic rings. The van der Waals surface area contributed by atoms with E-state index in [1.54, 1.807) is 12.1 Å². The zero-order chi connectivity index (χ0) is 27.8. The largest absolute Gasteiger partial charge is 0.342 e. The molecular weight excluding hydrogens is 531 g/mol. The zero-order valence-corrected chi connectivity index (χ0v) is 24.2. The van der Waals surface area contributed by atoms with E-state index in [-0.39, 0.29) is 11.7 Å². The van der Waals surface area contributed by atoms with Gasteiger partial charge in [0, 0.05) is 16.3 Å². The van der Waals surface area contributed by atoms with Crippen molar-refractivity contribution in [3.05, 3.63) is 106 Å². The third kappa shape index (κ3) is 7.70. The third-order valence-corrected chi connectivity index (χ3v) is 7.86. The average Bonchev–Trinajstić information content (AvgIpc) is 3.36. The molecule has 1 heterocycles. The molecule has 0 bridgehead atoms. The number of hydrogen-bond acceptors (Lipinski definition) is 4. The molecule has 0 aliphatic carbocycles. The number of aryl methyl sites for hydroxylation is 2. The number of hydrogen-bond donors (Lipinski definition) is 1. The first kappa shape index (κ1) is 28.8. The quantitative estimate of drug-likeness (QED) is 0.139. The predicted molar refractivity (Wildman–Crippen MR) is 157 cm³/mol. The molecule has 0 saturated heterocycles. The van der Waals surface area contributed by atoms with Gasteiger partial charge in [-0.2, -0.15) is 0 Å². The van der Waals surface area contributed by atoms with Crippen molar-refractivity contribution in [3.63, 3.8) is 0 Å². The van der Waals surface area contributed by atoms with E-state index in [4.69, 9.17) is 11.6 Å². The molecule has 1 unspecified atom stereocenters. The summed E-state index contributed by atoms with van der Waals surface area (Å²) in [4.78, 5) is 13.1. The topological polar surface area (TPSA) is 59.8 Å². The lowest BCUT2D eigenvalue weighted by molar-refractivity contribution is 0.0938. The lowest BCUT2D eigenvalue weighted by Crippen LogP contribution is -2.28. The van der Waals surface area contributed by atoms with Gasteiger partial charge in [0.05, 0.1) is 11.7 Å². The van der Waals surface area contributed by atoms with Crippen molar-refractivity contribution in [1.82, 2.24) is 20.1 Å². The molecule has 0 aliphatic rings. The number of halogens is 2. The number of aromatic nitrogens is 3. The van der Waals surface area contributed by atoms with Crippen molar-refractivity contribution >= 4 is 29.3 Å². The van der Waals surface area contributed by atoms with Crippen molar-refractivity contribution in [1.29, 1.82) is 0 Å². The summed E-state index contributed by atoms with van der Waals surface area (Å²) in [7, 11) is 0. The van der Waals surface area contributed by atoms with Crippen molar-refractivity contribution in [2.75, 3.05) is 0 Å². The van der Waals surface area contributed by atoms with E-state index >= 15 is 0 Å². The number of benzene rings is 3. The standard InChI is InChI=1S/C31H34ClFN4OS/c1-4-5-6-7-8-23-10-14-25(15-11-23)30(38)34-22(3)29-35-36-31(39-20-24-12-17-27(33)18-13-24)37(29)28-19-26(32)16-9-21(28)2/h9-19,22H,4-8,20H2,1-3H3,(H,34,38). The fourth-order valence-electron chi connectivity index (χ4n) is 4.36. The SMILES string of the molecule is CCCCCCc1ccc(C(=O)NC(C)c2nnc(SCc3ccc(F)cc3)n2-c2cc(Cl)ccc2C)cc1. The van der Waals surface area contributed by atoms with Gasteiger partial charge in [-0.15, -0.1) is 10.2 Å². The van der Waals surface area contributed by atoms with Gasteiger partial charge in [-0.25, -0.2) is 4.39 Å². The average molecular weight is 565 g/mol. The van der Waals surface area contributed by atoms with Crippen LogP contribution >= 0.6 is 23.4 Å². The summed E-state index contributed by atoms with van der Waals surface area (Å²) in [6.45, 7) is 6.10. The molecule has 8 heteroatoms. The van der Waals surface area contributed by atoms with Gasteiger partial charge < -0.3 is 5.32 Å². The first-order valence-electron chi connectivity index (χ1n) is 13.3. The van der Waals surface area contributed by atoms with E-state index in [0.29, 0.717) is 27.3 Å². The van der Waals surface area contributed by atoms with Crippen LogP contribution in [0.4, 0.5) is 4.39 Å². The highest BCUT2D eigenvalue weighted by atomic mass is 35.5. The number of thioether (sulfide) groups is 1. The molecule has 0 fully saturated rings. The highest BCUT2D eigenvalue weighted by Crippen LogP contribution is 2.30. The molecule has 0 saturated carbocycles. The summed E-state index contributed by atoms with van der Waals surface area (Å²) in [6, 6.07) is 19.5. The first-order chi connectivity index (χ1) is 18.9. The minimum absolute atomic E-state index is 0.169. The normalized spacial score (nSPS) is 11.9. The molecule has 0 spiro atoms. The van der Waals surface area contributed by atoms with Gasteiger partial charge in [0.1, 0.15) is 5.82 Å². The Bertz CT molecular complexity index is 1390. The predicted octanol–water partition coefficient (Wildman–Crippen LogP) is 8.27. The van der Waals surface area contributed by atoms with Crippen LogP contribution in [0, 0.1) is 12.7 Å². The number of nitrogens with zero attached hydrogens (tertiary/aromatic N) is 3. The highest BCUT2D eigenvalue weighted by molar-refractivity contribution is 7.98. The van der Waals surface area contributed by atoms with Crippen LogP contribution < -0.4 is 5.32 Å². The maximum Gasteiger partial charge on any atom is 0.251 e. The molecule has 204 valence electrons. The summed E-state index contributed by atoms with van der Waals surface area (Å²) < 4.78 is 15.3. The first-order valence-corrected chi connectivity index (χ1v) is 14.7. The number of amides is 1. The summed E-state index contributed by atoms with van der Waals surface area (Å²) in [6.07, 6.45) is 5.89. The molecule has 4 rings (SSSR count). The molecular formula is C31H34ClFN4OS. The van der Waals surface area contributed by atoms with Crippen LogP contribution in [0.5, 0.6) is 0 Å². The Balaban J connectivity index is 1.53. The Morgan fingerprint density at radius 3 is 2.44 bits per heavy atom. The zero-order valence-electron chi connectivity index (χ0n) is 22.6. The number of carbonyl (C=O) groups is 1. The Morgan fingerprint density at radius 1 is 1.00 bits per heavy atom. The van der Waals surface area contributed by atoms with E-state index in [2.05, 4.69) is 22.4 Å². The van der Waals surface area contributed by atoms with Crippen LogP contribution in [-0.2, 0) is 12.2 Å². The lowest BCUT2D eigenvalue weighted by Gasteiger charge is -2.18. The lowest BCUT2D eigenvalue weighted by atomic mass is 10.0. The van der Waals surface area contributed by atoms with Gasteiger partial charge in [-0.1, -0.05) is 79.9 Å². The van der Waals surface area contributed by atoms with E-state index in [9.17, 15) is 9.18 Å². The summed E-state index contributed by atoms with van der Waals surface area (Å²) in [5.74, 6) is 0.750. The second kappa shape index (κ2) is 13.8. The minimum Gasteiger partial charge on any atom is -0.342 e. The minimum atomic E-state index is -0.419. The van der Waals surface area contributed by atoms with Gasteiger partial charge >= 0.3 is 0 Å². The smallest absolute Gasteiger partial charge is 0.251 e. The molecule has 5 nitrogen and oxygen atoms in total. The maximum absolute atomic E-state index is 13.4. The van der Waals surface area contributed by atoms with Gasteiger partial charge in [-0.05, 0) is 79.8 Å². The molecule has 0 aliphatic heterocycles. The Kier molecular flexibility index (Phi) is 10.2. The summed E-state index contributed by atoms with van der Waals surface area (Å²) >= 11 is 7.85. The van der Waals surface area contributed by atoms with Crippen LogP contribution in [0.2, 0.25) is 5.02 Å². The Hall–Kier alpha value is -3.16. The monoisotopic (exact) mass is 564 g/mol. The fraction of sp³-hybridized carbons (Fsp3) is 0.323. The number of rotatable bonds is 12. The van der Waals surface area contributed by atoms with Crippen molar-refractivity contribution < 1.29 is 9.18 Å². The van der Waals surface area contributed by atoms with Crippen LogP contribution in [0.3, 0.4) is 0 Å². The second-order valence-corrected chi connectivity index (χ2v) is 11.1. The Labute approximate surface area is 239 Å². The number of nitrogens with one attached hydrogen (secondary N) is 1. The van der Waals surface area contributed by atoms with Crippen molar-refractivity contribution in [2.45, 2.75) is 69.8 Å². The third-order valence-electron chi connectivity index (χ3n) is 6.62. The van der Waals surface area contributed by atoms with E-state index in [1.807, 2.05) is 60.9 Å². The van der Waals surface area contributed by atoms with Crippen molar-refractivity contribution in [2.24, 2.45) is 0 Å². The fourth-order valence-corrected chi connectivity index (χ4v) is 5.43. The summed E-state index contributed by atoms with van der Waals surface area (Å²) in [5, 5.41) is 13.3. The number of carbonyl (C=O) groups excluding carboxylic acids is 1. The number of unbranched alkanes of at least 4 members (excludes halogenated alkanes) is 3. The second-order valence-electron chi connectivity index (χ2n) is 9.72. The molecule has 1 atom stereocenters. The van der Waals surface area contributed by atoms with Gasteiger partial charge in [-0.3, -0.25) is 9.36 Å². The van der Waals surface area contributed by atoms with E-state index in [0.717, 1.165) is 29.7 Å². The van der Waals surface area contributed by atoms with Gasteiger partial charge in [0.2, 0.25) is 0 Å². The van der Waals surface area contributed by atoms with E-state index in [1.165, 1.54) is 48.7 Å². The molecule has 39 heavy (non-hydrogen) atoms. The van der Waals surface area contributed by atoms with Crippen molar-refractivity contribution in [3.8, 4) is 5.69 Å². The molecule has 0 radical (unpaired) electrons. The van der Waals surface area contributed by atoms with Gasteiger partial charge in [0.25, 0.3) is 5.91 Å². The Morgan fingerprint density at radius 2 is 1.72 bits per heavy atom. The van der Waals surface area contributed by atoms with Crippen LogP contribution in [0.25, 0.3) is 5.69 Å². The molecule has 1 aromatic heterocycles. The van der Waals surface area contributed by atoms with Crippen LogP contribution in [0.1, 0.15) is 78.4 Å². The molecule has 3 aromatic carbocycles. The van der Waals surface area contributed by atoms with Gasteiger partial charge in [0.15, 0.2) is 11.0 Å². The highest BCUT2D eigenvalue weighted by Gasteiger charge is 2.23. The van der Waals surface area contributed by atoms with Crippen LogP contribution in [-0.4, -0.2) is 20.7 Å². The van der Waals surface area contributed by atoms with E-state index < -0.39 is 6.04 Å². The molecule has 1 N–H and O–H groups in total. The maximum atomic E-state index is 13.4. The molecule has 1 amide bonds. The van der Waals surface area contributed by atoms with Crippen LogP contribution in [0.15, 0.2) is 71.9 Å². The summed E-state index contributed by atoms with van der Waals surface area (Å²) in [5.41, 5.74) is 4.66.